The zero-order chi connectivity index (χ0) is 23.5. The van der Waals surface area contributed by atoms with Gasteiger partial charge in [-0.1, -0.05) is 30.3 Å². The SMILES string of the molecule is COc1ccc(C(CC(=O)Nc2cc(C)cc(C)c2)N2Cc3ccccc3C2=O)cc1OC. The second-order valence-electron chi connectivity index (χ2n) is 8.35. The number of rotatable bonds is 7. The Morgan fingerprint density at radius 3 is 2.33 bits per heavy atom. The number of nitrogens with one attached hydrogen (secondary N) is 1. The molecule has 0 aliphatic carbocycles. The van der Waals surface area contributed by atoms with E-state index >= 15 is 0 Å². The molecule has 3 aromatic rings. The normalized spacial score (nSPS) is 13.5. The minimum absolute atomic E-state index is 0.0791. The zero-order valence-electron chi connectivity index (χ0n) is 19.3. The molecule has 1 atom stereocenters. The lowest BCUT2D eigenvalue weighted by Gasteiger charge is -2.28. The number of fused-ring (bicyclic) bond motifs is 1. The molecule has 3 aromatic carbocycles. The van der Waals surface area contributed by atoms with Crippen molar-refractivity contribution in [2.24, 2.45) is 0 Å². The molecule has 0 fully saturated rings. The molecule has 33 heavy (non-hydrogen) atoms. The Hall–Kier alpha value is -3.80. The number of hydrogen-bond acceptors (Lipinski definition) is 4. The number of ether oxygens (including phenoxy) is 2. The van der Waals surface area contributed by atoms with Crippen LogP contribution < -0.4 is 14.8 Å². The van der Waals surface area contributed by atoms with Crippen LogP contribution in [-0.2, 0) is 11.3 Å². The first-order chi connectivity index (χ1) is 15.9. The van der Waals surface area contributed by atoms with Crippen LogP contribution in [0.1, 0.15) is 45.1 Å². The third-order valence-electron chi connectivity index (χ3n) is 5.90. The molecule has 1 heterocycles. The molecule has 1 unspecified atom stereocenters. The van der Waals surface area contributed by atoms with Gasteiger partial charge in [0.15, 0.2) is 11.5 Å². The van der Waals surface area contributed by atoms with Crippen molar-refractivity contribution < 1.29 is 19.1 Å². The quantitative estimate of drug-likeness (QED) is 0.554. The predicted molar refractivity (Wildman–Crippen MR) is 128 cm³/mol. The molecule has 0 saturated carbocycles. The van der Waals surface area contributed by atoms with Crippen LogP contribution in [0.2, 0.25) is 0 Å². The molecule has 0 radical (unpaired) electrons. The first-order valence-electron chi connectivity index (χ1n) is 10.9. The molecule has 1 aliphatic heterocycles. The Labute approximate surface area is 194 Å². The standard InChI is InChI=1S/C27H28N2O4/c1-17-11-18(2)13-21(12-17)28-26(30)15-23(19-9-10-24(32-3)25(14-19)33-4)29-16-20-7-5-6-8-22(20)27(29)31/h5-14,23H,15-16H2,1-4H3,(H,28,30). The molecule has 6 nitrogen and oxygen atoms in total. The molecule has 1 N–H and O–H groups in total. The van der Waals surface area contributed by atoms with Crippen LogP contribution in [-0.4, -0.2) is 30.9 Å². The Morgan fingerprint density at radius 1 is 0.970 bits per heavy atom. The maximum atomic E-state index is 13.3. The summed E-state index contributed by atoms with van der Waals surface area (Å²) in [6, 6.07) is 18.6. The molecule has 0 aromatic heterocycles. The van der Waals surface area contributed by atoms with Crippen LogP contribution in [0, 0.1) is 13.8 Å². The van der Waals surface area contributed by atoms with E-state index in [9.17, 15) is 9.59 Å². The summed E-state index contributed by atoms with van der Waals surface area (Å²) in [4.78, 5) is 28.1. The van der Waals surface area contributed by atoms with Crippen molar-refractivity contribution in [3.63, 3.8) is 0 Å². The van der Waals surface area contributed by atoms with Crippen molar-refractivity contribution >= 4 is 17.5 Å². The second-order valence-corrected chi connectivity index (χ2v) is 8.35. The minimum Gasteiger partial charge on any atom is -0.493 e. The van der Waals surface area contributed by atoms with Gasteiger partial charge in [0.05, 0.1) is 26.7 Å². The maximum absolute atomic E-state index is 13.3. The fraction of sp³-hybridized carbons (Fsp3) is 0.259. The number of nitrogens with zero attached hydrogens (tertiary/aromatic N) is 1. The highest BCUT2D eigenvalue weighted by Gasteiger charge is 2.34. The first-order valence-corrected chi connectivity index (χ1v) is 10.9. The van der Waals surface area contributed by atoms with E-state index in [-0.39, 0.29) is 18.2 Å². The van der Waals surface area contributed by atoms with Crippen molar-refractivity contribution in [2.75, 3.05) is 19.5 Å². The van der Waals surface area contributed by atoms with Gasteiger partial charge in [-0.3, -0.25) is 9.59 Å². The van der Waals surface area contributed by atoms with Crippen LogP contribution in [0.15, 0.2) is 60.7 Å². The summed E-state index contributed by atoms with van der Waals surface area (Å²) in [5.41, 5.74) is 5.35. The van der Waals surface area contributed by atoms with Crippen molar-refractivity contribution in [1.29, 1.82) is 0 Å². The lowest BCUT2D eigenvalue weighted by atomic mass is 10.0. The summed E-state index contributed by atoms with van der Waals surface area (Å²) in [7, 11) is 3.15. The van der Waals surface area contributed by atoms with E-state index in [1.807, 2.05) is 62.4 Å². The summed E-state index contributed by atoms with van der Waals surface area (Å²) in [5, 5.41) is 3.00. The zero-order valence-corrected chi connectivity index (χ0v) is 19.3. The summed E-state index contributed by atoms with van der Waals surface area (Å²) < 4.78 is 10.8. The number of amides is 2. The topological polar surface area (TPSA) is 67.9 Å². The van der Waals surface area contributed by atoms with Crippen molar-refractivity contribution in [1.82, 2.24) is 4.90 Å². The van der Waals surface area contributed by atoms with Crippen molar-refractivity contribution in [3.05, 3.63) is 88.5 Å². The fourth-order valence-electron chi connectivity index (χ4n) is 4.43. The Balaban J connectivity index is 1.66. The van der Waals surface area contributed by atoms with Crippen LogP contribution in [0.4, 0.5) is 5.69 Å². The van der Waals surface area contributed by atoms with Crippen LogP contribution in [0.25, 0.3) is 0 Å². The monoisotopic (exact) mass is 444 g/mol. The molecule has 2 amide bonds. The van der Waals surface area contributed by atoms with E-state index in [0.29, 0.717) is 23.6 Å². The van der Waals surface area contributed by atoms with E-state index in [0.717, 1.165) is 27.9 Å². The van der Waals surface area contributed by atoms with Crippen LogP contribution in [0.5, 0.6) is 11.5 Å². The van der Waals surface area contributed by atoms with Gasteiger partial charge in [-0.05, 0) is 66.4 Å². The molecule has 1 aliphatic rings. The van der Waals surface area contributed by atoms with Gasteiger partial charge in [-0.15, -0.1) is 0 Å². The molecular weight excluding hydrogens is 416 g/mol. The lowest BCUT2D eigenvalue weighted by molar-refractivity contribution is -0.117. The van der Waals surface area contributed by atoms with E-state index in [2.05, 4.69) is 11.4 Å². The Bertz CT molecular complexity index is 1180. The number of hydrogen-bond donors (Lipinski definition) is 1. The number of anilines is 1. The third-order valence-corrected chi connectivity index (χ3v) is 5.90. The van der Waals surface area contributed by atoms with Gasteiger partial charge >= 0.3 is 0 Å². The van der Waals surface area contributed by atoms with Gasteiger partial charge in [0, 0.05) is 17.8 Å². The second kappa shape index (κ2) is 9.36. The van der Waals surface area contributed by atoms with Gasteiger partial charge in [0.25, 0.3) is 5.91 Å². The summed E-state index contributed by atoms with van der Waals surface area (Å²) in [6.07, 6.45) is 0.113. The molecule has 0 spiro atoms. The molecule has 0 saturated heterocycles. The first kappa shape index (κ1) is 22.4. The van der Waals surface area contributed by atoms with Crippen molar-refractivity contribution in [2.45, 2.75) is 32.9 Å². The predicted octanol–water partition coefficient (Wildman–Crippen LogP) is 5.05. The number of methoxy groups -OCH3 is 2. The van der Waals surface area contributed by atoms with E-state index in [1.54, 1.807) is 25.2 Å². The van der Waals surface area contributed by atoms with Crippen LogP contribution >= 0.6 is 0 Å². The summed E-state index contributed by atoms with van der Waals surface area (Å²) >= 11 is 0. The Morgan fingerprint density at radius 2 is 1.67 bits per heavy atom. The van der Waals surface area contributed by atoms with Gasteiger partial charge in [0.1, 0.15) is 0 Å². The van der Waals surface area contributed by atoms with E-state index in [1.165, 1.54) is 0 Å². The number of carbonyl (C=O) groups is 2. The summed E-state index contributed by atoms with van der Waals surface area (Å²) in [5.74, 6) is 0.905. The number of benzene rings is 3. The molecular formula is C27H28N2O4. The number of aryl methyl sites for hydroxylation is 2. The fourth-order valence-corrected chi connectivity index (χ4v) is 4.43. The largest absolute Gasteiger partial charge is 0.493 e. The highest BCUT2D eigenvalue weighted by atomic mass is 16.5. The maximum Gasteiger partial charge on any atom is 0.255 e. The molecule has 170 valence electrons. The average Bonchev–Trinajstić information content (AvgIpc) is 3.12. The Kier molecular flexibility index (Phi) is 6.36. The average molecular weight is 445 g/mol. The van der Waals surface area contributed by atoms with Gasteiger partial charge in [-0.2, -0.15) is 0 Å². The van der Waals surface area contributed by atoms with E-state index in [4.69, 9.17) is 9.47 Å². The van der Waals surface area contributed by atoms with Gasteiger partial charge in [0.2, 0.25) is 5.91 Å². The number of carbonyl (C=O) groups excluding carboxylic acids is 2. The molecule has 6 heteroatoms. The molecule has 4 rings (SSSR count). The summed E-state index contributed by atoms with van der Waals surface area (Å²) in [6.45, 7) is 4.44. The van der Waals surface area contributed by atoms with Gasteiger partial charge < -0.3 is 19.7 Å². The van der Waals surface area contributed by atoms with Crippen LogP contribution in [0.3, 0.4) is 0 Å². The smallest absolute Gasteiger partial charge is 0.255 e. The highest BCUT2D eigenvalue weighted by Crippen LogP contribution is 2.37. The lowest BCUT2D eigenvalue weighted by Crippen LogP contribution is -2.32. The van der Waals surface area contributed by atoms with Crippen molar-refractivity contribution in [3.8, 4) is 11.5 Å². The highest BCUT2D eigenvalue weighted by molar-refractivity contribution is 5.99. The third kappa shape index (κ3) is 4.70. The molecule has 0 bridgehead atoms. The van der Waals surface area contributed by atoms with E-state index < -0.39 is 6.04 Å². The van der Waals surface area contributed by atoms with Gasteiger partial charge in [-0.25, -0.2) is 0 Å². The minimum atomic E-state index is -0.462.